The highest BCUT2D eigenvalue weighted by Gasteiger charge is 2.25. The van der Waals surface area contributed by atoms with Crippen molar-refractivity contribution in [1.82, 2.24) is 15.1 Å². The molecule has 0 atom stereocenters. The molecule has 35 heavy (non-hydrogen) atoms. The molecule has 4 heteroatoms. The molecule has 1 N–H and O–H groups in total. The largest absolute Gasteiger partial charge is 0.352 e. The number of carbonyl (C=O) groups excluding carboxylic acids is 1. The van der Waals surface area contributed by atoms with Crippen LogP contribution >= 0.6 is 0 Å². The zero-order valence-electron chi connectivity index (χ0n) is 21.1. The third-order valence-electron chi connectivity index (χ3n) is 7.97. The van der Waals surface area contributed by atoms with Crippen LogP contribution in [0, 0.1) is 11.8 Å². The summed E-state index contributed by atoms with van der Waals surface area (Å²) in [6.07, 6.45) is 4.47. The maximum absolute atomic E-state index is 12.9. The Bertz CT molecular complexity index is 1120. The lowest BCUT2D eigenvalue weighted by atomic mass is 9.95. The van der Waals surface area contributed by atoms with E-state index >= 15 is 0 Å². The van der Waals surface area contributed by atoms with Gasteiger partial charge in [-0.3, -0.25) is 14.6 Å². The molecule has 2 heterocycles. The second kappa shape index (κ2) is 11.4. The molecule has 2 saturated heterocycles. The number of amides is 1. The van der Waals surface area contributed by atoms with Gasteiger partial charge < -0.3 is 5.32 Å². The molecular weight excluding hydrogens is 430 g/mol. The van der Waals surface area contributed by atoms with Gasteiger partial charge >= 0.3 is 0 Å². The minimum absolute atomic E-state index is 0.122. The Kier molecular flexibility index (Phi) is 7.80. The standard InChI is InChI=1S/C31H39N3O/c1-24-12-16-33(17-13-24)22-26-7-4-6-25(20-26)21-32-31(35)28-14-18-34(19-15-28)23-29-10-5-9-27-8-2-3-11-30(27)29/h2-11,20,24,28H,12-19,21-23H2,1H3,(H,32,35). The maximum atomic E-state index is 12.9. The summed E-state index contributed by atoms with van der Waals surface area (Å²) < 4.78 is 0. The van der Waals surface area contributed by atoms with Gasteiger partial charge in [-0.1, -0.05) is 73.7 Å². The number of likely N-dealkylation sites (tertiary alicyclic amines) is 2. The van der Waals surface area contributed by atoms with E-state index in [1.54, 1.807) is 0 Å². The molecule has 0 spiro atoms. The Labute approximate surface area is 210 Å². The van der Waals surface area contributed by atoms with Crippen molar-refractivity contribution in [2.45, 2.75) is 52.2 Å². The van der Waals surface area contributed by atoms with E-state index in [0.29, 0.717) is 6.54 Å². The number of nitrogens with zero attached hydrogens (tertiary/aromatic N) is 2. The van der Waals surface area contributed by atoms with Crippen molar-refractivity contribution in [1.29, 1.82) is 0 Å². The zero-order valence-corrected chi connectivity index (χ0v) is 21.1. The van der Waals surface area contributed by atoms with Crippen LogP contribution in [0.1, 0.15) is 49.3 Å². The van der Waals surface area contributed by atoms with E-state index in [0.717, 1.165) is 44.9 Å². The molecule has 3 aromatic rings. The Morgan fingerprint density at radius 2 is 1.46 bits per heavy atom. The highest BCUT2D eigenvalue weighted by Crippen LogP contribution is 2.24. The lowest BCUT2D eigenvalue weighted by molar-refractivity contribution is -0.126. The van der Waals surface area contributed by atoms with Crippen molar-refractivity contribution in [3.8, 4) is 0 Å². The van der Waals surface area contributed by atoms with E-state index in [-0.39, 0.29) is 11.8 Å². The summed E-state index contributed by atoms with van der Waals surface area (Å²) in [5.74, 6) is 1.19. The first-order valence-corrected chi connectivity index (χ1v) is 13.4. The van der Waals surface area contributed by atoms with E-state index in [9.17, 15) is 4.79 Å². The van der Waals surface area contributed by atoms with Crippen molar-refractivity contribution in [2.24, 2.45) is 11.8 Å². The SMILES string of the molecule is CC1CCN(Cc2cccc(CNC(=O)C3CCN(Cc4cccc5ccccc45)CC3)c2)CC1. The Hall–Kier alpha value is -2.69. The first-order chi connectivity index (χ1) is 17.1. The van der Waals surface area contributed by atoms with Crippen LogP contribution in [0.2, 0.25) is 0 Å². The Balaban J connectivity index is 1.08. The summed E-state index contributed by atoms with van der Waals surface area (Å²) in [7, 11) is 0. The first kappa shape index (κ1) is 24.0. The third kappa shape index (κ3) is 6.31. The molecule has 4 nitrogen and oxygen atoms in total. The monoisotopic (exact) mass is 469 g/mol. The van der Waals surface area contributed by atoms with Gasteiger partial charge in [0.1, 0.15) is 0 Å². The van der Waals surface area contributed by atoms with Gasteiger partial charge in [-0.15, -0.1) is 0 Å². The molecule has 3 aromatic carbocycles. The summed E-state index contributed by atoms with van der Waals surface area (Å²) in [5.41, 5.74) is 3.94. The molecule has 1 amide bonds. The first-order valence-electron chi connectivity index (χ1n) is 13.4. The third-order valence-corrected chi connectivity index (χ3v) is 7.97. The van der Waals surface area contributed by atoms with Crippen LogP contribution in [0.25, 0.3) is 10.8 Å². The van der Waals surface area contributed by atoms with Gasteiger partial charge in [0.15, 0.2) is 0 Å². The van der Waals surface area contributed by atoms with E-state index in [4.69, 9.17) is 0 Å². The van der Waals surface area contributed by atoms with E-state index in [2.05, 4.69) is 88.8 Å². The molecule has 2 aliphatic heterocycles. The number of hydrogen-bond acceptors (Lipinski definition) is 3. The minimum Gasteiger partial charge on any atom is -0.352 e. The second-order valence-electron chi connectivity index (χ2n) is 10.7. The Morgan fingerprint density at radius 1 is 0.800 bits per heavy atom. The lowest BCUT2D eigenvalue weighted by Gasteiger charge is -2.31. The smallest absolute Gasteiger partial charge is 0.223 e. The van der Waals surface area contributed by atoms with Gasteiger partial charge in [-0.25, -0.2) is 0 Å². The number of carbonyl (C=O) groups is 1. The number of piperidine rings is 2. The summed E-state index contributed by atoms with van der Waals surface area (Å²) in [6.45, 7) is 9.30. The molecule has 2 fully saturated rings. The average molecular weight is 470 g/mol. The number of nitrogens with one attached hydrogen (secondary N) is 1. The van der Waals surface area contributed by atoms with Gasteiger partial charge in [0.25, 0.3) is 0 Å². The second-order valence-corrected chi connectivity index (χ2v) is 10.7. The minimum atomic E-state index is 0.122. The van der Waals surface area contributed by atoms with Crippen molar-refractivity contribution < 1.29 is 4.79 Å². The molecular formula is C31H39N3O. The lowest BCUT2D eigenvalue weighted by Crippen LogP contribution is -2.40. The van der Waals surface area contributed by atoms with Gasteiger partial charge in [-0.05, 0) is 85.2 Å². The topological polar surface area (TPSA) is 35.6 Å². The Morgan fingerprint density at radius 3 is 2.29 bits per heavy atom. The fourth-order valence-corrected chi connectivity index (χ4v) is 5.67. The van der Waals surface area contributed by atoms with Crippen LogP contribution in [0.3, 0.4) is 0 Å². The predicted molar refractivity (Wildman–Crippen MR) is 144 cm³/mol. The molecule has 5 rings (SSSR count). The molecule has 2 aliphatic rings. The number of hydrogen-bond donors (Lipinski definition) is 1. The molecule has 0 bridgehead atoms. The van der Waals surface area contributed by atoms with E-state index in [1.165, 1.54) is 53.4 Å². The molecule has 0 radical (unpaired) electrons. The molecule has 0 saturated carbocycles. The highest BCUT2D eigenvalue weighted by molar-refractivity contribution is 5.85. The van der Waals surface area contributed by atoms with Crippen LogP contribution in [-0.4, -0.2) is 41.9 Å². The average Bonchev–Trinajstić information content (AvgIpc) is 2.89. The normalized spacial score (nSPS) is 18.7. The van der Waals surface area contributed by atoms with Crippen molar-refractivity contribution in [3.05, 3.63) is 83.4 Å². The summed E-state index contributed by atoms with van der Waals surface area (Å²) in [5, 5.41) is 5.86. The fraction of sp³-hybridized carbons (Fsp3) is 0.452. The molecule has 0 unspecified atom stereocenters. The van der Waals surface area contributed by atoms with E-state index < -0.39 is 0 Å². The number of fused-ring (bicyclic) bond motifs is 1. The van der Waals surface area contributed by atoms with Crippen molar-refractivity contribution in [2.75, 3.05) is 26.2 Å². The van der Waals surface area contributed by atoms with Crippen molar-refractivity contribution in [3.63, 3.8) is 0 Å². The quantitative estimate of drug-likeness (QED) is 0.489. The molecule has 0 aromatic heterocycles. The van der Waals surface area contributed by atoms with Gasteiger partial charge in [0.2, 0.25) is 5.91 Å². The summed E-state index contributed by atoms with van der Waals surface area (Å²) in [6, 6.07) is 23.9. The van der Waals surface area contributed by atoms with Gasteiger partial charge in [0.05, 0.1) is 0 Å². The maximum Gasteiger partial charge on any atom is 0.223 e. The predicted octanol–water partition coefficient (Wildman–Crippen LogP) is 5.60. The summed E-state index contributed by atoms with van der Waals surface area (Å²) in [4.78, 5) is 18.0. The highest BCUT2D eigenvalue weighted by atomic mass is 16.1. The van der Waals surface area contributed by atoms with Crippen LogP contribution in [-0.2, 0) is 24.4 Å². The molecule has 0 aliphatic carbocycles. The van der Waals surface area contributed by atoms with Gasteiger partial charge in [-0.2, -0.15) is 0 Å². The van der Waals surface area contributed by atoms with Crippen LogP contribution in [0.5, 0.6) is 0 Å². The van der Waals surface area contributed by atoms with Gasteiger partial charge in [0, 0.05) is 25.6 Å². The number of benzene rings is 3. The van der Waals surface area contributed by atoms with Crippen molar-refractivity contribution >= 4 is 16.7 Å². The van der Waals surface area contributed by atoms with Crippen LogP contribution in [0.15, 0.2) is 66.7 Å². The van der Waals surface area contributed by atoms with Crippen LogP contribution < -0.4 is 5.32 Å². The zero-order chi connectivity index (χ0) is 24.0. The number of rotatable bonds is 7. The fourth-order valence-electron chi connectivity index (χ4n) is 5.67. The van der Waals surface area contributed by atoms with E-state index in [1.807, 2.05) is 0 Å². The summed E-state index contributed by atoms with van der Waals surface area (Å²) >= 11 is 0. The van der Waals surface area contributed by atoms with Crippen LogP contribution in [0.4, 0.5) is 0 Å². The molecule has 184 valence electrons.